The van der Waals surface area contributed by atoms with E-state index in [2.05, 4.69) is 143 Å². The zero-order valence-corrected chi connectivity index (χ0v) is 22.6. The van der Waals surface area contributed by atoms with Crippen LogP contribution in [-0.4, -0.2) is 19.1 Å². The van der Waals surface area contributed by atoms with E-state index in [1.54, 1.807) is 0 Å². The van der Waals surface area contributed by atoms with Crippen molar-refractivity contribution in [2.24, 2.45) is 0 Å². The van der Waals surface area contributed by atoms with Gasteiger partial charge in [0.15, 0.2) is 0 Å². The van der Waals surface area contributed by atoms with Gasteiger partial charge in [-0.15, -0.1) is 0 Å². The molecule has 0 N–H and O–H groups in total. The number of rotatable bonds is 4. The van der Waals surface area contributed by atoms with Gasteiger partial charge in [0.25, 0.3) is 0 Å². The van der Waals surface area contributed by atoms with Crippen molar-refractivity contribution in [1.29, 1.82) is 0 Å². The van der Waals surface area contributed by atoms with E-state index in [1.165, 1.54) is 26.9 Å². The van der Waals surface area contributed by atoms with E-state index in [-0.39, 0.29) is 0 Å². The lowest BCUT2D eigenvalue weighted by atomic mass is 10.0. The summed E-state index contributed by atoms with van der Waals surface area (Å²) >= 11 is 0. The number of nitrogens with zero attached hydrogens (tertiary/aromatic N) is 4. The van der Waals surface area contributed by atoms with Crippen LogP contribution < -0.4 is 0 Å². The van der Waals surface area contributed by atoms with Crippen LogP contribution in [-0.2, 0) is 0 Å². The SMILES string of the molecule is c1ccc(-c2cc(-c3ccccc3)nc(-n3c4cccc5ccc6cc7c(ccn7-c7ccccc7)c3c6c54)n2)cc1. The summed E-state index contributed by atoms with van der Waals surface area (Å²) in [5.41, 5.74) is 8.45. The Balaban J connectivity index is 1.43. The zero-order valence-electron chi connectivity index (χ0n) is 22.6. The smallest absolute Gasteiger partial charge is 0.235 e. The fraction of sp³-hybridized carbons (Fsp3) is 0. The summed E-state index contributed by atoms with van der Waals surface area (Å²) in [5, 5.41) is 6.09. The maximum absolute atomic E-state index is 5.25. The van der Waals surface area contributed by atoms with Gasteiger partial charge in [0.2, 0.25) is 5.95 Å². The molecule has 0 aliphatic rings. The van der Waals surface area contributed by atoms with Crippen LogP contribution in [0.2, 0.25) is 0 Å². The minimum absolute atomic E-state index is 0.667. The van der Waals surface area contributed by atoms with Gasteiger partial charge in [-0.05, 0) is 47.2 Å². The van der Waals surface area contributed by atoms with Crippen LogP contribution in [0.4, 0.5) is 0 Å². The van der Waals surface area contributed by atoms with E-state index >= 15 is 0 Å². The highest BCUT2D eigenvalue weighted by Crippen LogP contribution is 2.43. The van der Waals surface area contributed by atoms with Crippen LogP contribution >= 0.6 is 0 Å². The minimum atomic E-state index is 0.667. The lowest BCUT2D eigenvalue weighted by molar-refractivity contribution is 0.998. The molecule has 4 nitrogen and oxygen atoms in total. The lowest BCUT2D eigenvalue weighted by Gasteiger charge is -2.12. The Morgan fingerprint density at radius 1 is 0.476 bits per heavy atom. The molecule has 9 rings (SSSR count). The van der Waals surface area contributed by atoms with Gasteiger partial charge in [0.1, 0.15) is 0 Å². The van der Waals surface area contributed by atoms with Gasteiger partial charge in [-0.3, -0.25) is 4.57 Å². The van der Waals surface area contributed by atoms with E-state index in [1.807, 2.05) is 12.1 Å². The van der Waals surface area contributed by atoms with Crippen molar-refractivity contribution in [2.45, 2.75) is 0 Å². The number of hydrogen-bond donors (Lipinski definition) is 0. The van der Waals surface area contributed by atoms with Crippen molar-refractivity contribution >= 4 is 43.5 Å². The highest BCUT2D eigenvalue weighted by molar-refractivity contribution is 6.29. The standard InChI is InChI=1S/C38H24N4/c1-4-11-25(12-5-1)31-24-32(26-13-6-2-7-14-26)40-38(39-31)42-33-18-10-15-27-19-20-28-23-34-30(37(42)36(28)35(27)33)21-22-41(34)29-16-8-3-9-17-29/h1-24H. The summed E-state index contributed by atoms with van der Waals surface area (Å²) in [6.45, 7) is 0. The molecule has 0 atom stereocenters. The first-order valence-electron chi connectivity index (χ1n) is 14.2. The summed E-state index contributed by atoms with van der Waals surface area (Å²) < 4.78 is 4.55. The first-order chi connectivity index (χ1) is 20.8. The number of hydrogen-bond acceptors (Lipinski definition) is 2. The van der Waals surface area contributed by atoms with E-state index in [4.69, 9.17) is 9.97 Å². The van der Waals surface area contributed by atoms with E-state index in [0.29, 0.717) is 5.95 Å². The maximum Gasteiger partial charge on any atom is 0.235 e. The van der Waals surface area contributed by atoms with Gasteiger partial charge in [-0.25, -0.2) is 9.97 Å². The molecule has 0 amide bonds. The van der Waals surface area contributed by atoms with E-state index in [0.717, 1.165) is 44.8 Å². The number of benzene rings is 6. The second-order valence-electron chi connectivity index (χ2n) is 10.7. The van der Waals surface area contributed by atoms with Gasteiger partial charge in [-0.2, -0.15) is 0 Å². The predicted octanol–water partition coefficient (Wildman–Crippen LogP) is 9.44. The van der Waals surface area contributed by atoms with Gasteiger partial charge in [0, 0.05) is 39.2 Å². The third kappa shape index (κ3) is 3.36. The minimum Gasteiger partial charge on any atom is -0.316 e. The van der Waals surface area contributed by atoms with Gasteiger partial charge < -0.3 is 4.57 Å². The summed E-state index contributed by atoms with van der Waals surface area (Å²) in [4.78, 5) is 10.5. The monoisotopic (exact) mass is 536 g/mol. The Morgan fingerprint density at radius 3 is 1.81 bits per heavy atom. The second-order valence-corrected chi connectivity index (χ2v) is 10.7. The summed E-state index contributed by atoms with van der Waals surface area (Å²) in [5.74, 6) is 0.667. The fourth-order valence-electron chi connectivity index (χ4n) is 6.43. The Morgan fingerprint density at radius 2 is 1.12 bits per heavy atom. The molecule has 196 valence electrons. The van der Waals surface area contributed by atoms with Gasteiger partial charge >= 0.3 is 0 Å². The third-order valence-electron chi connectivity index (χ3n) is 8.32. The quantitative estimate of drug-likeness (QED) is 0.210. The van der Waals surface area contributed by atoms with Gasteiger partial charge in [-0.1, -0.05) is 103 Å². The molecule has 0 radical (unpaired) electrons. The van der Waals surface area contributed by atoms with Crippen molar-refractivity contribution in [1.82, 2.24) is 19.1 Å². The normalized spacial score (nSPS) is 11.8. The average Bonchev–Trinajstić information content (AvgIpc) is 3.65. The topological polar surface area (TPSA) is 35.6 Å². The first kappa shape index (κ1) is 23.0. The van der Waals surface area contributed by atoms with Crippen LogP contribution in [0, 0.1) is 0 Å². The van der Waals surface area contributed by atoms with Crippen molar-refractivity contribution in [2.75, 3.05) is 0 Å². The fourth-order valence-corrected chi connectivity index (χ4v) is 6.43. The third-order valence-corrected chi connectivity index (χ3v) is 8.32. The summed E-state index contributed by atoms with van der Waals surface area (Å²) in [7, 11) is 0. The van der Waals surface area contributed by atoms with Crippen LogP contribution in [0.15, 0.2) is 146 Å². The van der Waals surface area contributed by atoms with Crippen LogP contribution in [0.5, 0.6) is 0 Å². The number of para-hydroxylation sites is 1. The Kier molecular flexibility index (Phi) is 4.87. The number of fused-ring (bicyclic) bond motifs is 2. The first-order valence-corrected chi connectivity index (χ1v) is 14.2. The largest absolute Gasteiger partial charge is 0.316 e. The van der Waals surface area contributed by atoms with Crippen molar-refractivity contribution in [3.05, 3.63) is 146 Å². The van der Waals surface area contributed by atoms with Crippen LogP contribution in [0.1, 0.15) is 0 Å². The molecule has 0 bridgehead atoms. The molecule has 0 saturated heterocycles. The van der Waals surface area contributed by atoms with E-state index < -0.39 is 0 Å². The molecular formula is C38H24N4. The zero-order chi connectivity index (χ0) is 27.6. The molecule has 0 unspecified atom stereocenters. The Bertz CT molecular complexity index is 2330. The Labute approximate surface area is 242 Å². The summed E-state index contributed by atoms with van der Waals surface area (Å²) in [6.07, 6.45) is 2.17. The number of aromatic nitrogens is 4. The van der Waals surface area contributed by atoms with E-state index in [9.17, 15) is 0 Å². The van der Waals surface area contributed by atoms with Crippen LogP contribution in [0.3, 0.4) is 0 Å². The molecule has 6 aromatic carbocycles. The molecule has 9 aromatic rings. The molecule has 0 aliphatic carbocycles. The molecule has 4 heteroatoms. The maximum atomic E-state index is 5.25. The second kappa shape index (κ2) is 8.88. The lowest BCUT2D eigenvalue weighted by Crippen LogP contribution is -2.04. The van der Waals surface area contributed by atoms with Crippen molar-refractivity contribution in [3.63, 3.8) is 0 Å². The molecule has 0 fully saturated rings. The summed E-state index contributed by atoms with van der Waals surface area (Å²) in [6, 6.07) is 48.9. The molecule has 0 saturated carbocycles. The average molecular weight is 537 g/mol. The molecular weight excluding hydrogens is 512 g/mol. The van der Waals surface area contributed by atoms with Gasteiger partial charge in [0.05, 0.1) is 27.9 Å². The molecule has 0 aliphatic heterocycles. The highest BCUT2D eigenvalue weighted by Gasteiger charge is 2.23. The van der Waals surface area contributed by atoms with Crippen molar-refractivity contribution < 1.29 is 0 Å². The molecule has 3 aromatic heterocycles. The molecule has 3 heterocycles. The predicted molar refractivity (Wildman–Crippen MR) is 173 cm³/mol. The Hall–Kier alpha value is -5.74. The molecule has 42 heavy (non-hydrogen) atoms. The van der Waals surface area contributed by atoms with Crippen LogP contribution in [0.25, 0.3) is 77.6 Å². The highest BCUT2D eigenvalue weighted by atomic mass is 15.2. The van der Waals surface area contributed by atoms with Crippen molar-refractivity contribution in [3.8, 4) is 34.2 Å². The molecule has 0 spiro atoms.